The van der Waals surface area contributed by atoms with E-state index in [-0.39, 0.29) is 24.0 Å². The van der Waals surface area contributed by atoms with Gasteiger partial charge in [-0.15, -0.1) is 24.0 Å². The number of nitrogens with one attached hydrogen (secondary N) is 2. The van der Waals surface area contributed by atoms with Crippen molar-refractivity contribution in [1.82, 2.24) is 15.5 Å². The summed E-state index contributed by atoms with van der Waals surface area (Å²) >= 11 is 6.27. The molecule has 0 amide bonds. The summed E-state index contributed by atoms with van der Waals surface area (Å²) in [6.07, 6.45) is 2.41. The van der Waals surface area contributed by atoms with Gasteiger partial charge in [0.15, 0.2) is 5.96 Å². The molecule has 25 heavy (non-hydrogen) atoms. The normalized spacial score (nSPS) is 16.6. The van der Waals surface area contributed by atoms with Crippen molar-refractivity contribution in [3.05, 3.63) is 34.9 Å². The topological polar surface area (TPSA) is 39.7 Å². The van der Waals surface area contributed by atoms with Crippen molar-refractivity contribution in [1.29, 1.82) is 0 Å². The zero-order valence-electron chi connectivity index (χ0n) is 15.6. The highest BCUT2D eigenvalue weighted by atomic mass is 127. The molecule has 1 saturated heterocycles. The van der Waals surface area contributed by atoms with E-state index >= 15 is 0 Å². The van der Waals surface area contributed by atoms with Gasteiger partial charge in [0.05, 0.1) is 0 Å². The Balaban J connectivity index is 0.00000312. The maximum Gasteiger partial charge on any atom is 0.191 e. The number of piperidine rings is 1. The lowest BCUT2D eigenvalue weighted by Crippen LogP contribution is -2.41. The Labute approximate surface area is 174 Å². The molecule has 2 N–H and O–H groups in total. The van der Waals surface area contributed by atoms with Gasteiger partial charge in [-0.3, -0.25) is 9.89 Å². The van der Waals surface area contributed by atoms with Crippen molar-refractivity contribution >= 4 is 41.5 Å². The van der Waals surface area contributed by atoms with Crippen molar-refractivity contribution in [3.63, 3.8) is 0 Å². The maximum absolute atomic E-state index is 6.27. The molecule has 0 spiro atoms. The molecule has 0 unspecified atom stereocenters. The molecule has 1 aliphatic rings. The lowest BCUT2D eigenvalue weighted by atomic mass is 9.96. The van der Waals surface area contributed by atoms with Gasteiger partial charge in [-0.25, -0.2) is 0 Å². The van der Waals surface area contributed by atoms with Crippen LogP contribution in [-0.2, 0) is 6.54 Å². The molecule has 1 heterocycles. The molecule has 0 saturated carbocycles. The Hall–Kier alpha value is -0.530. The van der Waals surface area contributed by atoms with Gasteiger partial charge >= 0.3 is 0 Å². The molecule has 2 rings (SSSR count). The molecule has 0 bridgehead atoms. The molecule has 1 aromatic rings. The molecule has 1 aromatic carbocycles. The number of likely N-dealkylation sites (tertiary alicyclic amines) is 1. The molecule has 4 nitrogen and oxygen atoms in total. The third-order valence-electron chi connectivity index (χ3n) is 4.34. The van der Waals surface area contributed by atoms with Crippen LogP contribution in [0.15, 0.2) is 29.3 Å². The minimum atomic E-state index is 0. The molecule has 0 radical (unpaired) electrons. The number of aliphatic imine (C=N–C) groups is 1. The zero-order valence-corrected chi connectivity index (χ0v) is 18.7. The van der Waals surface area contributed by atoms with Crippen LogP contribution in [-0.4, -0.2) is 43.1 Å². The van der Waals surface area contributed by atoms with Gasteiger partial charge in [-0.05, 0) is 64.3 Å². The number of hydrogen-bond donors (Lipinski definition) is 2. The SMILES string of the molecule is CCNC(=NCC1CCN(Cc2ccccc2Cl)CC1)NC(C)C.I. The summed E-state index contributed by atoms with van der Waals surface area (Å²) in [5.74, 6) is 1.61. The molecule has 1 fully saturated rings. The first kappa shape index (κ1) is 22.5. The van der Waals surface area contributed by atoms with Gasteiger partial charge in [-0.2, -0.15) is 0 Å². The smallest absolute Gasteiger partial charge is 0.191 e. The average Bonchev–Trinajstić information content (AvgIpc) is 2.56. The minimum Gasteiger partial charge on any atom is -0.357 e. The largest absolute Gasteiger partial charge is 0.357 e. The summed E-state index contributed by atoms with van der Waals surface area (Å²) in [6.45, 7) is 11.4. The highest BCUT2D eigenvalue weighted by Gasteiger charge is 2.19. The van der Waals surface area contributed by atoms with Crippen LogP contribution < -0.4 is 10.6 Å². The number of benzene rings is 1. The highest BCUT2D eigenvalue weighted by Crippen LogP contribution is 2.22. The molecule has 1 aliphatic heterocycles. The van der Waals surface area contributed by atoms with Crippen LogP contribution in [0.4, 0.5) is 0 Å². The molecular weight excluding hydrogens is 447 g/mol. The third-order valence-corrected chi connectivity index (χ3v) is 4.70. The predicted octanol–water partition coefficient (Wildman–Crippen LogP) is 4.13. The standard InChI is InChI=1S/C19H31ClN4.HI/c1-4-21-19(23-15(2)3)22-13-16-9-11-24(12-10-16)14-17-7-5-6-8-18(17)20;/h5-8,15-16H,4,9-14H2,1-3H3,(H2,21,22,23);1H. The number of hydrogen-bond acceptors (Lipinski definition) is 2. The number of rotatable bonds is 6. The third kappa shape index (κ3) is 8.13. The van der Waals surface area contributed by atoms with E-state index in [1.165, 1.54) is 18.4 Å². The van der Waals surface area contributed by atoms with Gasteiger partial charge < -0.3 is 10.6 Å². The van der Waals surface area contributed by atoms with Gasteiger partial charge in [0.25, 0.3) is 0 Å². The fourth-order valence-electron chi connectivity index (χ4n) is 3.01. The second-order valence-electron chi connectivity index (χ2n) is 6.83. The Morgan fingerprint density at radius 2 is 1.96 bits per heavy atom. The van der Waals surface area contributed by atoms with E-state index in [4.69, 9.17) is 16.6 Å². The summed E-state index contributed by atoms with van der Waals surface area (Å²) < 4.78 is 0. The predicted molar refractivity (Wildman–Crippen MR) is 119 cm³/mol. The van der Waals surface area contributed by atoms with Crippen LogP contribution in [0.5, 0.6) is 0 Å². The van der Waals surface area contributed by atoms with Gasteiger partial charge in [0.1, 0.15) is 0 Å². The Morgan fingerprint density at radius 3 is 2.56 bits per heavy atom. The van der Waals surface area contributed by atoms with Crippen molar-refractivity contribution in [3.8, 4) is 0 Å². The average molecular weight is 479 g/mol. The second-order valence-corrected chi connectivity index (χ2v) is 7.24. The van der Waals surface area contributed by atoms with Crippen molar-refractivity contribution in [2.45, 2.75) is 46.2 Å². The lowest BCUT2D eigenvalue weighted by molar-refractivity contribution is 0.180. The number of halogens is 2. The van der Waals surface area contributed by atoms with Crippen LogP contribution in [0.3, 0.4) is 0 Å². The second kappa shape index (κ2) is 12.0. The molecular formula is C19H32ClIN4. The maximum atomic E-state index is 6.27. The van der Waals surface area contributed by atoms with Gasteiger partial charge in [0.2, 0.25) is 0 Å². The van der Waals surface area contributed by atoms with E-state index in [1.807, 2.05) is 12.1 Å². The van der Waals surface area contributed by atoms with Crippen LogP contribution in [0.25, 0.3) is 0 Å². The van der Waals surface area contributed by atoms with E-state index in [9.17, 15) is 0 Å². The van der Waals surface area contributed by atoms with Crippen molar-refractivity contribution in [2.75, 3.05) is 26.2 Å². The summed E-state index contributed by atoms with van der Waals surface area (Å²) in [5.41, 5.74) is 1.23. The number of guanidine groups is 1. The molecule has 0 atom stereocenters. The highest BCUT2D eigenvalue weighted by molar-refractivity contribution is 14.0. The molecule has 6 heteroatoms. The van der Waals surface area contributed by atoms with Crippen LogP contribution >= 0.6 is 35.6 Å². The van der Waals surface area contributed by atoms with Gasteiger partial charge in [0, 0.05) is 30.7 Å². The minimum absolute atomic E-state index is 0. The van der Waals surface area contributed by atoms with Crippen molar-refractivity contribution < 1.29 is 0 Å². The van der Waals surface area contributed by atoms with E-state index in [2.05, 4.69) is 48.4 Å². The van der Waals surface area contributed by atoms with E-state index in [0.29, 0.717) is 12.0 Å². The summed E-state index contributed by atoms with van der Waals surface area (Å²) in [4.78, 5) is 7.25. The summed E-state index contributed by atoms with van der Waals surface area (Å²) in [7, 11) is 0. The van der Waals surface area contributed by atoms with Crippen LogP contribution in [0.2, 0.25) is 5.02 Å². The fourth-order valence-corrected chi connectivity index (χ4v) is 3.20. The summed E-state index contributed by atoms with van der Waals surface area (Å²) in [5, 5.41) is 7.57. The Morgan fingerprint density at radius 1 is 1.28 bits per heavy atom. The number of nitrogens with zero attached hydrogens (tertiary/aromatic N) is 2. The monoisotopic (exact) mass is 478 g/mol. The Bertz CT molecular complexity index is 528. The first-order chi connectivity index (χ1) is 11.6. The lowest BCUT2D eigenvalue weighted by Gasteiger charge is -2.31. The van der Waals surface area contributed by atoms with Crippen molar-refractivity contribution in [2.24, 2.45) is 10.9 Å². The van der Waals surface area contributed by atoms with E-state index < -0.39 is 0 Å². The van der Waals surface area contributed by atoms with E-state index in [1.54, 1.807) is 0 Å². The molecule has 142 valence electrons. The van der Waals surface area contributed by atoms with Gasteiger partial charge in [-0.1, -0.05) is 29.8 Å². The Kier molecular flexibility index (Phi) is 10.8. The zero-order chi connectivity index (χ0) is 17.4. The summed E-state index contributed by atoms with van der Waals surface area (Å²) in [6, 6.07) is 8.55. The van der Waals surface area contributed by atoms with Crippen LogP contribution in [0.1, 0.15) is 39.2 Å². The fraction of sp³-hybridized carbons (Fsp3) is 0.632. The molecule has 0 aliphatic carbocycles. The molecule has 0 aromatic heterocycles. The van der Waals surface area contributed by atoms with Crippen LogP contribution in [0, 0.1) is 5.92 Å². The first-order valence-corrected chi connectivity index (χ1v) is 9.47. The van der Waals surface area contributed by atoms with E-state index in [0.717, 1.165) is 43.7 Å². The quantitative estimate of drug-likeness (QED) is 0.367. The first-order valence-electron chi connectivity index (χ1n) is 9.09.